The molecule has 1 aliphatic rings. The predicted octanol–water partition coefficient (Wildman–Crippen LogP) is 4.23. The van der Waals surface area contributed by atoms with Crippen molar-refractivity contribution in [3.8, 4) is 5.75 Å². The lowest BCUT2D eigenvalue weighted by molar-refractivity contribution is -0.384. The molecule has 0 spiro atoms. The molecule has 0 radical (unpaired) electrons. The minimum absolute atomic E-state index is 0.0564. The van der Waals surface area contributed by atoms with Crippen molar-refractivity contribution < 1.29 is 9.66 Å². The van der Waals surface area contributed by atoms with E-state index in [0.29, 0.717) is 11.8 Å². The second-order valence-corrected chi connectivity index (χ2v) is 6.14. The maximum Gasteiger partial charge on any atom is 0.273 e. The fourth-order valence-corrected chi connectivity index (χ4v) is 3.06. The Kier molecular flexibility index (Phi) is 5.04. The number of nitro groups is 1. The van der Waals surface area contributed by atoms with E-state index in [2.05, 4.69) is 19.2 Å². The molecule has 0 saturated heterocycles. The quantitative estimate of drug-likeness (QED) is 0.651. The largest absolute Gasteiger partial charge is 0.494 e. The van der Waals surface area contributed by atoms with E-state index >= 15 is 0 Å². The highest BCUT2D eigenvalue weighted by Crippen LogP contribution is 2.34. The summed E-state index contributed by atoms with van der Waals surface area (Å²) < 4.78 is 5.27. The smallest absolute Gasteiger partial charge is 0.273 e. The fourth-order valence-electron chi connectivity index (χ4n) is 3.06. The van der Waals surface area contributed by atoms with Gasteiger partial charge in [0.1, 0.15) is 5.75 Å². The van der Waals surface area contributed by atoms with Gasteiger partial charge in [-0.2, -0.15) is 0 Å². The molecule has 1 aliphatic carbocycles. The number of anilines is 1. The van der Waals surface area contributed by atoms with Crippen molar-refractivity contribution in [3.63, 3.8) is 0 Å². The number of ether oxygens (including phenoxy) is 1. The monoisotopic (exact) mass is 292 g/mol. The number of benzene rings is 1. The van der Waals surface area contributed by atoms with Gasteiger partial charge in [-0.25, -0.2) is 0 Å². The lowest BCUT2D eigenvalue weighted by Gasteiger charge is -2.32. The molecule has 0 aliphatic heterocycles. The van der Waals surface area contributed by atoms with E-state index < -0.39 is 4.92 Å². The summed E-state index contributed by atoms with van der Waals surface area (Å²) in [5.74, 6) is 2.11. The Morgan fingerprint density at radius 3 is 2.48 bits per heavy atom. The number of nitrogens with zero attached hydrogens (tertiary/aromatic N) is 1. The van der Waals surface area contributed by atoms with Gasteiger partial charge in [-0.3, -0.25) is 10.1 Å². The Labute approximate surface area is 125 Å². The molecule has 116 valence electrons. The molecule has 0 aromatic heterocycles. The SMILES string of the molecule is COc1cc([N+](=O)[O-])ccc1NC1CCC(C(C)C)CC1. The van der Waals surface area contributed by atoms with Gasteiger partial charge in [0.25, 0.3) is 5.69 Å². The normalized spacial score (nSPS) is 22.1. The molecule has 21 heavy (non-hydrogen) atoms. The van der Waals surface area contributed by atoms with Crippen LogP contribution in [0.15, 0.2) is 18.2 Å². The lowest BCUT2D eigenvalue weighted by Crippen LogP contribution is -2.28. The molecule has 0 heterocycles. The number of nitrogens with one attached hydrogen (secondary N) is 1. The summed E-state index contributed by atoms with van der Waals surface area (Å²) in [6.07, 6.45) is 4.77. The van der Waals surface area contributed by atoms with E-state index in [1.54, 1.807) is 13.2 Å². The van der Waals surface area contributed by atoms with Crippen LogP contribution in [0.25, 0.3) is 0 Å². The van der Waals surface area contributed by atoms with Crippen LogP contribution >= 0.6 is 0 Å². The van der Waals surface area contributed by atoms with Crippen LogP contribution in [0.5, 0.6) is 5.75 Å². The number of hydrogen-bond acceptors (Lipinski definition) is 4. The lowest BCUT2D eigenvalue weighted by atomic mass is 9.79. The molecule has 1 N–H and O–H groups in total. The van der Waals surface area contributed by atoms with Gasteiger partial charge in [0, 0.05) is 12.1 Å². The van der Waals surface area contributed by atoms with Crippen LogP contribution in [0.1, 0.15) is 39.5 Å². The first-order valence-corrected chi connectivity index (χ1v) is 7.60. The number of non-ortho nitro benzene ring substituents is 1. The maximum atomic E-state index is 10.8. The van der Waals surface area contributed by atoms with E-state index in [1.807, 2.05) is 0 Å². The Morgan fingerprint density at radius 2 is 1.95 bits per heavy atom. The Morgan fingerprint density at radius 1 is 1.29 bits per heavy atom. The molecule has 2 rings (SSSR count). The average Bonchev–Trinajstić information content (AvgIpc) is 2.48. The van der Waals surface area contributed by atoms with Crippen LogP contribution in [0.4, 0.5) is 11.4 Å². The zero-order chi connectivity index (χ0) is 15.4. The van der Waals surface area contributed by atoms with E-state index in [9.17, 15) is 10.1 Å². The van der Waals surface area contributed by atoms with E-state index in [1.165, 1.54) is 25.0 Å². The van der Waals surface area contributed by atoms with Gasteiger partial charge < -0.3 is 10.1 Å². The van der Waals surface area contributed by atoms with Crippen LogP contribution in [0, 0.1) is 22.0 Å². The van der Waals surface area contributed by atoms with Gasteiger partial charge in [-0.15, -0.1) is 0 Å². The summed E-state index contributed by atoms with van der Waals surface area (Å²) in [4.78, 5) is 10.4. The Hall–Kier alpha value is -1.78. The molecule has 0 unspecified atom stereocenters. The van der Waals surface area contributed by atoms with Gasteiger partial charge in [0.2, 0.25) is 0 Å². The highest BCUT2D eigenvalue weighted by Gasteiger charge is 2.24. The summed E-state index contributed by atoms with van der Waals surface area (Å²) in [6, 6.07) is 5.16. The zero-order valence-corrected chi connectivity index (χ0v) is 13.0. The standard InChI is InChI=1S/C16H24N2O3/c1-11(2)12-4-6-13(7-5-12)17-15-9-8-14(18(19)20)10-16(15)21-3/h8-13,17H,4-7H2,1-3H3. The average molecular weight is 292 g/mol. The zero-order valence-electron chi connectivity index (χ0n) is 13.0. The molecule has 1 fully saturated rings. The molecule has 1 aromatic carbocycles. The topological polar surface area (TPSA) is 64.4 Å². The van der Waals surface area contributed by atoms with Crippen molar-refractivity contribution in [3.05, 3.63) is 28.3 Å². The second-order valence-electron chi connectivity index (χ2n) is 6.14. The Bertz CT molecular complexity index is 494. The second kappa shape index (κ2) is 6.78. The third-order valence-electron chi connectivity index (χ3n) is 4.47. The van der Waals surface area contributed by atoms with Crippen LogP contribution in [0.2, 0.25) is 0 Å². The predicted molar refractivity (Wildman–Crippen MR) is 83.9 cm³/mol. The first-order chi connectivity index (χ1) is 10.0. The minimum atomic E-state index is -0.403. The van der Waals surface area contributed by atoms with Crippen molar-refractivity contribution in [2.24, 2.45) is 11.8 Å². The molecular weight excluding hydrogens is 268 g/mol. The van der Waals surface area contributed by atoms with Gasteiger partial charge in [0.05, 0.1) is 23.8 Å². The first kappa shape index (κ1) is 15.6. The summed E-state index contributed by atoms with van der Waals surface area (Å²) in [5, 5.41) is 14.3. The van der Waals surface area contributed by atoms with Crippen LogP contribution in [0.3, 0.4) is 0 Å². The number of hydrogen-bond donors (Lipinski definition) is 1. The number of rotatable bonds is 5. The highest BCUT2D eigenvalue weighted by atomic mass is 16.6. The molecular formula is C16H24N2O3. The van der Waals surface area contributed by atoms with Gasteiger partial charge in [-0.1, -0.05) is 13.8 Å². The van der Waals surface area contributed by atoms with Crippen LogP contribution in [-0.4, -0.2) is 18.1 Å². The van der Waals surface area contributed by atoms with Crippen LogP contribution in [-0.2, 0) is 0 Å². The maximum absolute atomic E-state index is 10.8. The number of methoxy groups -OCH3 is 1. The molecule has 1 saturated carbocycles. The third kappa shape index (κ3) is 3.86. The van der Waals surface area contributed by atoms with E-state index in [0.717, 1.165) is 30.4 Å². The van der Waals surface area contributed by atoms with Gasteiger partial charge in [0.15, 0.2) is 0 Å². The summed E-state index contributed by atoms with van der Waals surface area (Å²) >= 11 is 0. The van der Waals surface area contributed by atoms with Gasteiger partial charge >= 0.3 is 0 Å². The van der Waals surface area contributed by atoms with E-state index in [-0.39, 0.29) is 5.69 Å². The first-order valence-electron chi connectivity index (χ1n) is 7.60. The molecule has 0 atom stereocenters. The fraction of sp³-hybridized carbons (Fsp3) is 0.625. The van der Waals surface area contributed by atoms with Crippen molar-refractivity contribution in [1.82, 2.24) is 0 Å². The summed E-state index contributed by atoms with van der Waals surface area (Å²) in [5.41, 5.74) is 0.900. The summed E-state index contributed by atoms with van der Waals surface area (Å²) in [7, 11) is 1.54. The number of nitro benzene ring substituents is 1. The molecule has 5 heteroatoms. The van der Waals surface area contributed by atoms with Crippen LogP contribution < -0.4 is 10.1 Å². The molecule has 0 bridgehead atoms. The Balaban J connectivity index is 2.02. The molecule has 5 nitrogen and oxygen atoms in total. The summed E-state index contributed by atoms with van der Waals surface area (Å²) in [6.45, 7) is 4.58. The molecule has 1 aromatic rings. The third-order valence-corrected chi connectivity index (χ3v) is 4.47. The minimum Gasteiger partial charge on any atom is -0.494 e. The van der Waals surface area contributed by atoms with Crippen molar-refractivity contribution in [2.75, 3.05) is 12.4 Å². The molecule has 0 amide bonds. The highest BCUT2D eigenvalue weighted by molar-refractivity contribution is 5.61. The van der Waals surface area contributed by atoms with Crippen molar-refractivity contribution in [1.29, 1.82) is 0 Å². The van der Waals surface area contributed by atoms with Gasteiger partial charge in [-0.05, 0) is 43.6 Å². The van der Waals surface area contributed by atoms with E-state index in [4.69, 9.17) is 4.74 Å². The van der Waals surface area contributed by atoms with Crippen molar-refractivity contribution in [2.45, 2.75) is 45.6 Å². The van der Waals surface area contributed by atoms with Crippen molar-refractivity contribution >= 4 is 11.4 Å².